The van der Waals surface area contributed by atoms with Gasteiger partial charge in [0.2, 0.25) is 0 Å². The summed E-state index contributed by atoms with van der Waals surface area (Å²) in [6, 6.07) is 3.69. The average molecular weight is 356 g/mol. The van der Waals surface area contributed by atoms with Crippen molar-refractivity contribution in [2.75, 3.05) is 25.9 Å². The zero-order valence-corrected chi connectivity index (χ0v) is 13.6. The summed E-state index contributed by atoms with van der Waals surface area (Å²) in [7, 11) is 2.14. The van der Waals surface area contributed by atoms with Crippen LogP contribution in [0, 0.1) is 5.82 Å². The number of likely N-dealkylation sites (tertiary alicyclic amines) is 1. The normalized spacial score (nSPS) is 26.0. The first-order chi connectivity index (χ1) is 9.97. The van der Waals surface area contributed by atoms with E-state index in [9.17, 15) is 9.18 Å². The molecule has 3 rings (SSSR count). The highest BCUT2D eigenvalue weighted by Gasteiger charge is 2.36. The molecule has 2 bridgehead atoms. The Morgan fingerprint density at radius 2 is 2.05 bits per heavy atom. The van der Waals surface area contributed by atoms with Gasteiger partial charge in [-0.15, -0.1) is 0 Å². The summed E-state index contributed by atoms with van der Waals surface area (Å²) in [6.45, 7) is 1.48. The minimum atomic E-state index is -0.506. The predicted octanol–water partition coefficient (Wildman–Crippen LogP) is 2.48. The number of nitrogens with zero attached hydrogens (tertiary/aromatic N) is 2. The van der Waals surface area contributed by atoms with Crippen molar-refractivity contribution in [3.63, 3.8) is 0 Å². The number of hydrogen-bond acceptors (Lipinski definition) is 3. The van der Waals surface area contributed by atoms with Gasteiger partial charge in [0.05, 0.1) is 11.3 Å². The molecule has 114 valence electrons. The second kappa shape index (κ2) is 5.57. The van der Waals surface area contributed by atoms with Crippen LogP contribution >= 0.6 is 15.9 Å². The van der Waals surface area contributed by atoms with Gasteiger partial charge >= 0.3 is 0 Å². The summed E-state index contributed by atoms with van der Waals surface area (Å²) in [4.78, 5) is 17.0. The zero-order chi connectivity index (χ0) is 15.1. The lowest BCUT2D eigenvalue weighted by molar-refractivity contribution is 0.0739. The van der Waals surface area contributed by atoms with Crippen molar-refractivity contribution in [1.82, 2.24) is 9.80 Å². The van der Waals surface area contributed by atoms with Crippen molar-refractivity contribution in [2.45, 2.75) is 31.3 Å². The van der Waals surface area contributed by atoms with Gasteiger partial charge in [0.1, 0.15) is 5.82 Å². The maximum atomic E-state index is 13.4. The topological polar surface area (TPSA) is 49.6 Å². The van der Waals surface area contributed by atoms with E-state index in [0.29, 0.717) is 22.1 Å². The molecule has 4 nitrogen and oxygen atoms in total. The maximum absolute atomic E-state index is 13.4. The Kier molecular flexibility index (Phi) is 3.92. The standard InChI is InChI=1S/C15H19BrFN3O/c1-19-9-2-3-10(19)8-20(5-4-9)15(21)11-6-14(18)13(17)7-12(11)16/h6-7,9-10H,2-5,8,18H2,1H3. The van der Waals surface area contributed by atoms with Crippen LogP contribution in [0.4, 0.5) is 10.1 Å². The number of fused-ring (bicyclic) bond motifs is 2. The molecule has 2 unspecified atom stereocenters. The van der Waals surface area contributed by atoms with Gasteiger partial charge in [-0.05, 0) is 54.4 Å². The smallest absolute Gasteiger partial charge is 0.255 e. The van der Waals surface area contributed by atoms with E-state index in [2.05, 4.69) is 27.9 Å². The van der Waals surface area contributed by atoms with Gasteiger partial charge in [-0.3, -0.25) is 9.69 Å². The summed E-state index contributed by atoms with van der Waals surface area (Å²) in [6.07, 6.45) is 3.35. The van der Waals surface area contributed by atoms with Gasteiger partial charge in [-0.25, -0.2) is 4.39 Å². The molecule has 0 aliphatic carbocycles. The van der Waals surface area contributed by atoms with Crippen LogP contribution in [-0.2, 0) is 0 Å². The van der Waals surface area contributed by atoms with Crippen molar-refractivity contribution < 1.29 is 9.18 Å². The van der Waals surface area contributed by atoms with Crippen molar-refractivity contribution in [3.05, 3.63) is 28.0 Å². The fourth-order valence-corrected chi connectivity index (χ4v) is 3.88. The molecule has 2 fully saturated rings. The Bertz CT molecular complexity index is 580. The summed E-state index contributed by atoms with van der Waals surface area (Å²) >= 11 is 3.27. The molecule has 1 aromatic rings. The average Bonchev–Trinajstić information content (AvgIpc) is 2.67. The molecule has 1 aromatic carbocycles. The number of halogens is 2. The fourth-order valence-electron chi connectivity index (χ4n) is 3.39. The monoisotopic (exact) mass is 355 g/mol. The molecule has 2 saturated heterocycles. The van der Waals surface area contributed by atoms with Gasteiger partial charge in [0.25, 0.3) is 5.91 Å². The van der Waals surface area contributed by atoms with Crippen molar-refractivity contribution >= 4 is 27.5 Å². The number of benzene rings is 1. The highest BCUT2D eigenvalue weighted by Crippen LogP contribution is 2.30. The van der Waals surface area contributed by atoms with Crippen molar-refractivity contribution in [3.8, 4) is 0 Å². The molecule has 2 atom stereocenters. The minimum Gasteiger partial charge on any atom is -0.396 e. The number of anilines is 1. The van der Waals surface area contributed by atoms with Gasteiger partial charge in [0.15, 0.2) is 0 Å². The molecule has 2 N–H and O–H groups in total. The van der Waals surface area contributed by atoms with Crippen molar-refractivity contribution in [2.24, 2.45) is 0 Å². The molecule has 0 aromatic heterocycles. The first-order valence-corrected chi connectivity index (χ1v) is 8.02. The predicted molar refractivity (Wildman–Crippen MR) is 83.6 cm³/mol. The summed E-state index contributed by atoms with van der Waals surface area (Å²) in [5.74, 6) is -0.581. The van der Waals surface area contributed by atoms with Crippen LogP contribution in [0.5, 0.6) is 0 Å². The van der Waals surface area contributed by atoms with Gasteiger partial charge in [0, 0.05) is 29.6 Å². The molecular formula is C15H19BrFN3O. The Labute approximate surface area is 132 Å². The van der Waals surface area contributed by atoms with E-state index >= 15 is 0 Å². The fraction of sp³-hybridized carbons (Fsp3) is 0.533. The molecule has 2 aliphatic rings. The van der Waals surface area contributed by atoms with Crippen LogP contribution in [0.3, 0.4) is 0 Å². The van der Waals surface area contributed by atoms with Crippen LogP contribution in [0.1, 0.15) is 29.6 Å². The highest BCUT2D eigenvalue weighted by atomic mass is 79.9. The number of likely N-dealkylation sites (N-methyl/N-ethyl adjacent to an activating group) is 1. The van der Waals surface area contributed by atoms with Crippen LogP contribution in [0.15, 0.2) is 16.6 Å². The first kappa shape index (κ1) is 14.8. The molecule has 6 heteroatoms. The third-order valence-corrected chi connectivity index (χ3v) is 5.41. The number of nitrogens with two attached hydrogens (primary N) is 1. The molecule has 0 saturated carbocycles. The number of carbonyl (C=O) groups excluding carboxylic acids is 1. The SMILES string of the molecule is CN1C2CCC1CN(C(=O)c1cc(N)c(F)cc1Br)CC2. The number of carbonyl (C=O) groups is 1. The van der Waals surface area contributed by atoms with Gasteiger partial charge < -0.3 is 10.6 Å². The third kappa shape index (κ3) is 2.66. The molecular weight excluding hydrogens is 337 g/mol. The second-order valence-electron chi connectivity index (χ2n) is 5.94. The Hall–Kier alpha value is -1.14. The largest absolute Gasteiger partial charge is 0.396 e. The second-order valence-corrected chi connectivity index (χ2v) is 6.80. The van der Waals surface area contributed by atoms with Crippen molar-refractivity contribution in [1.29, 1.82) is 0 Å². The summed E-state index contributed by atoms with van der Waals surface area (Å²) in [5.41, 5.74) is 6.04. The molecule has 1 amide bonds. The number of hydrogen-bond donors (Lipinski definition) is 1. The van der Waals surface area contributed by atoms with E-state index in [0.717, 1.165) is 25.9 Å². The molecule has 2 heterocycles. The summed E-state index contributed by atoms with van der Waals surface area (Å²) < 4.78 is 13.9. The van der Waals surface area contributed by atoms with Crippen LogP contribution in [-0.4, -0.2) is 47.9 Å². The maximum Gasteiger partial charge on any atom is 0.255 e. The van der Waals surface area contributed by atoms with E-state index in [1.807, 2.05) is 4.90 Å². The molecule has 0 radical (unpaired) electrons. The van der Waals surface area contributed by atoms with Gasteiger partial charge in [-0.1, -0.05) is 0 Å². The van der Waals surface area contributed by atoms with Gasteiger partial charge in [-0.2, -0.15) is 0 Å². The Morgan fingerprint density at radius 3 is 2.81 bits per heavy atom. The third-order valence-electron chi connectivity index (χ3n) is 4.75. The van der Waals surface area contributed by atoms with E-state index < -0.39 is 5.82 Å². The van der Waals surface area contributed by atoms with E-state index in [1.54, 1.807) is 0 Å². The molecule has 2 aliphatic heterocycles. The lowest BCUT2D eigenvalue weighted by Gasteiger charge is -2.26. The Balaban J connectivity index is 1.84. The lowest BCUT2D eigenvalue weighted by atomic mass is 10.1. The number of rotatable bonds is 1. The first-order valence-electron chi connectivity index (χ1n) is 7.23. The minimum absolute atomic E-state index is 0.00927. The van der Waals surface area contributed by atoms with E-state index in [1.165, 1.54) is 18.6 Å². The molecule has 0 spiro atoms. The Morgan fingerprint density at radius 1 is 1.33 bits per heavy atom. The number of nitrogen functional groups attached to an aromatic ring is 1. The number of amides is 1. The van der Waals surface area contributed by atoms with Crippen LogP contribution < -0.4 is 5.73 Å². The zero-order valence-electron chi connectivity index (χ0n) is 12.0. The quantitative estimate of drug-likeness (QED) is 0.787. The summed E-state index contributed by atoms with van der Waals surface area (Å²) in [5, 5.41) is 0. The highest BCUT2D eigenvalue weighted by molar-refractivity contribution is 9.10. The van der Waals surface area contributed by atoms with E-state index in [4.69, 9.17) is 5.73 Å². The van der Waals surface area contributed by atoms with Crippen LogP contribution in [0.2, 0.25) is 0 Å². The lowest BCUT2D eigenvalue weighted by Crippen LogP contribution is -2.39. The van der Waals surface area contributed by atoms with E-state index in [-0.39, 0.29) is 11.6 Å². The molecule has 21 heavy (non-hydrogen) atoms. The van der Waals surface area contributed by atoms with Crippen LogP contribution in [0.25, 0.3) is 0 Å².